The highest BCUT2D eigenvalue weighted by Gasteiger charge is 2.19. The third kappa shape index (κ3) is 6.10. The molecule has 0 atom stereocenters. The Balaban J connectivity index is 1.85. The van der Waals surface area contributed by atoms with E-state index >= 15 is 0 Å². The second-order valence-electron chi connectivity index (χ2n) is 7.30. The smallest absolute Gasteiger partial charge is 0.255 e. The number of sulfonamides is 2. The van der Waals surface area contributed by atoms with Crippen LogP contribution in [0.4, 0.5) is 15.8 Å². The number of anilines is 2. The van der Waals surface area contributed by atoms with Gasteiger partial charge in [-0.1, -0.05) is 12.1 Å². The number of nitrogens with two attached hydrogens (primary N) is 1. The molecule has 3 aromatic rings. The van der Waals surface area contributed by atoms with Gasteiger partial charge in [-0.3, -0.25) is 9.10 Å². The van der Waals surface area contributed by atoms with Crippen LogP contribution in [-0.2, 0) is 26.6 Å². The van der Waals surface area contributed by atoms with Crippen LogP contribution in [-0.4, -0.2) is 36.1 Å². The zero-order valence-corrected chi connectivity index (χ0v) is 19.9. The monoisotopic (exact) mass is 507 g/mol. The van der Waals surface area contributed by atoms with Gasteiger partial charge < -0.3 is 10.1 Å². The van der Waals surface area contributed by atoms with Crippen LogP contribution in [0.25, 0.3) is 0 Å². The SMILES string of the molecule is COc1ccc(S(N)(=O)=O)cc1NC(=O)c1ccc(N(Cc2ccc(F)cc2)S(C)(=O)=O)cc1. The molecule has 3 aromatic carbocycles. The molecular weight excluding hydrogens is 485 g/mol. The van der Waals surface area contributed by atoms with E-state index in [1.165, 1.54) is 73.8 Å². The molecule has 9 nitrogen and oxygen atoms in total. The highest BCUT2D eigenvalue weighted by atomic mass is 32.2. The minimum Gasteiger partial charge on any atom is -0.495 e. The van der Waals surface area contributed by atoms with E-state index in [2.05, 4.69) is 5.32 Å². The molecule has 0 saturated heterocycles. The molecule has 0 bridgehead atoms. The maximum atomic E-state index is 13.2. The molecular formula is C22H22FN3O6S2. The fourth-order valence-corrected chi connectivity index (χ4v) is 4.52. The normalized spacial score (nSPS) is 11.6. The van der Waals surface area contributed by atoms with E-state index in [0.29, 0.717) is 11.3 Å². The van der Waals surface area contributed by atoms with Crippen LogP contribution in [0.15, 0.2) is 71.6 Å². The van der Waals surface area contributed by atoms with Gasteiger partial charge >= 0.3 is 0 Å². The van der Waals surface area contributed by atoms with Crippen LogP contribution in [0, 0.1) is 5.82 Å². The summed E-state index contributed by atoms with van der Waals surface area (Å²) in [6, 6.07) is 15.0. The molecule has 12 heteroatoms. The van der Waals surface area contributed by atoms with Crippen LogP contribution in [0.2, 0.25) is 0 Å². The molecule has 34 heavy (non-hydrogen) atoms. The number of hydrogen-bond acceptors (Lipinski definition) is 6. The van der Waals surface area contributed by atoms with Gasteiger partial charge in [0.2, 0.25) is 20.0 Å². The quantitative estimate of drug-likeness (QED) is 0.481. The first-order valence-electron chi connectivity index (χ1n) is 9.73. The highest BCUT2D eigenvalue weighted by Crippen LogP contribution is 2.28. The number of nitrogens with zero attached hydrogens (tertiary/aromatic N) is 1. The summed E-state index contributed by atoms with van der Waals surface area (Å²) < 4.78 is 67.4. The number of primary sulfonamides is 1. The first-order valence-corrected chi connectivity index (χ1v) is 13.1. The largest absolute Gasteiger partial charge is 0.495 e. The fraction of sp³-hybridized carbons (Fsp3) is 0.136. The summed E-state index contributed by atoms with van der Waals surface area (Å²) in [7, 11) is -6.32. The fourth-order valence-electron chi connectivity index (χ4n) is 3.09. The van der Waals surface area contributed by atoms with Gasteiger partial charge in [0.15, 0.2) is 0 Å². The van der Waals surface area contributed by atoms with Gasteiger partial charge in [-0.05, 0) is 60.2 Å². The molecule has 1 amide bonds. The summed E-state index contributed by atoms with van der Waals surface area (Å²) in [5.41, 5.74) is 1.16. The Morgan fingerprint density at radius 1 is 1.00 bits per heavy atom. The molecule has 0 radical (unpaired) electrons. The van der Waals surface area contributed by atoms with Crippen LogP contribution >= 0.6 is 0 Å². The minimum atomic E-state index is -4.00. The van der Waals surface area contributed by atoms with Gasteiger partial charge in [0.05, 0.1) is 36.2 Å². The van der Waals surface area contributed by atoms with Gasteiger partial charge in [-0.2, -0.15) is 0 Å². The zero-order chi connectivity index (χ0) is 25.1. The number of methoxy groups -OCH3 is 1. The van der Waals surface area contributed by atoms with E-state index in [4.69, 9.17) is 9.88 Å². The lowest BCUT2D eigenvalue weighted by Crippen LogP contribution is -2.29. The predicted molar refractivity (Wildman–Crippen MR) is 126 cm³/mol. The lowest BCUT2D eigenvalue weighted by Gasteiger charge is -2.23. The standard InChI is InChI=1S/C22H22FN3O6S2/c1-32-21-12-11-19(34(24,30)31)13-20(21)25-22(27)16-5-9-18(10-6-16)26(33(2,28)29)14-15-3-7-17(23)8-4-15/h3-13H,14H2,1-2H3,(H,25,27)(H2,24,30,31). The molecule has 0 aliphatic rings. The van der Waals surface area contributed by atoms with Crippen molar-refractivity contribution in [3.8, 4) is 5.75 Å². The third-order valence-electron chi connectivity index (χ3n) is 4.80. The van der Waals surface area contributed by atoms with Crippen molar-refractivity contribution in [3.05, 3.63) is 83.7 Å². The van der Waals surface area contributed by atoms with Crippen LogP contribution in [0.3, 0.4) is 0 Å². The number of hydrogen-bond donors (Lipinski definition) is 2. The van der Waals surface area contributed by atoms with Crippen molar-refractivity contribution >= 4 is 37.3 Å². The second kappa shape index (κ2) is 9.79. The predicted octanol–water partition coefficient (Wildman–Crippen LogP) is 2.70. The molecule has 3 N–H and O–H groups in total. The Bertz CT molecular complexity index is 1410. The molecule has 0 saturated carbocycles. The van der Waals surface area contributed by atoms with Gasteiger partial charge in [0.1, 0.15) is 11.6 Å². The van der Waals surface area contributed by atoms with Gasteiger partial charge in [0.25, 0.3) is 5.91 Å². The van der Waals surface area contributed by atoms with Crippen molar-refractivity contribution in [2.45, 2.75) is 11.4 Å². The molecule has 0 fully saturated rings. The lowest BCUT2D eigenvalue weighted by molar-refractivity contribution is 0.102. The maximum Gasteiger partial charge on any atom is 0.255 e. The van der Waals surface area contributed by atoms with Gasteiger partial charge in [0, 0.05) is 5.56 Å². The number of nitrogens with one attached hydrogen (secondary N) is 1. The number of amides is 1. The lowest BCUT2D eigenvalue weighted by atomic mass is 10.1. The number of ether oxygens (including phenoxy) is 1. The van der Waals surface area contributed by atoms with Crippen molar-refractivity contribution in [1.29, 1.82) is 0 Å². The van der Waals surface area contributed by atoms with E-state index < -0.39 is 31.8 Å². The highest BCUT2D eigenvalue weighted by molar-refractivity contribution is 7.92. The van der Waals surface area contributed by atoms with E-state index in [-0.39, 0.29) is 28.4 Å². The second-order valence-corrected chi connectivity index (χ2v) is 10.8. The summed E-state index contributed by atoms with van der Waals surface area (Å²) in [6.07, 6.45) is 1.04. The first kappa shape index (κ1) is 25.1. The first-order chi connectivity index (χ1) is 15.9. The molecule has 0 aliphatic heterocycles. The number of rotatable bonds is 8. The topological polar surface area (TPSA) is 136 Å². The van der Waals surface area contributed by atoms with Crippen LogP contribution in [0.5, 0.6) is 5.75 Å². The molecule has 0 heterocycles. The Morgan fingerprint density at radius 3 is 2.15 bits per heavy atom. The zero-order valence-electron chi connectivity index (χ0n) is 18.2. The Kier molecular flexibility index (Phi) is 7.24. The summed E-state index contributed by atoms with van der Waals surface area (Å²) >= 11 is 0. The van der Waals surface area contributed by atoms with Crippen molar-refractivity contribution in [1.82, 2.24) is 0 Å². The summed E-state index contributed by atoms with van der Waals surface area (Å²) in [5.74, 6) is -0.794. The Labute approximate surface area is 197 Å². The maximum absolute atomic E-state index is 13.2. The number of carbonyl (C=O) groups is 1. The van der Waals surface area contributed by atoms with Crippen LogP contribution in [0.1, 0.15) is 15.9 Å². The molecule has 3 rings (SSSR count). The van der Waals surface area contributed by atoms with E-state index in [9.17, 15) is 26.0 Å². The average Bonchev–Trinajstić information content (AvgIpc) is 2.77. The summed E-state index contributed by atoms with van der Waals surface area (Å²) in [4.78, 5) is 12.5. The molecule has 0 spiro atoms. The molecule has 0 aromatic heterocycles. The number of halogens is 1. The van der Waals surface area contributed by atoms with Crippen molar-refractivity contribution < 1.29 is 30.8 Å². The average molecular weight is 508 g/mol. The number of benzene rings is 3. The molecule has 0 aliphatic carbocycles. The molecule has 180 valence electrons. The van der Waals surface area contributed by atoms with Crippen LogP contribution < -0.4 is 19.5 Å². The Hall–Kier alpha value is -3.48. The van der Waals surface area contributed by atoms with Gasteiger partial charge in [-0.25, -0.2) is 26.4 Å². The minimum absolute atomic E-state index is 0.0256. The summed E-state index contributed by atoms with van der Waals surface area (Å²) in [5, 5.41) is 7.71. The van der Waals surface area contributed by atoms with Crippen molar-refractivity contribution in [2.75, 3.05) is 23.0 Å². The molecule has 0 unspecified atom stereocenters. The van der Waals surface area contributed by atoms with E-state index in [0.717, 1.165) is 10.6 Å². The van der Waals surface area contributed by atoms with Crippen molar-refractivity contribution in [2.24, 2.45) is 5.14 Å². The Morgan fingerprint density at radius 2 is 1.62 bits per heavy atom. The third-order valence-corrected chi connectivity index (χ3v) is 6.86. The van der Waals surface area contributed by atoms with Crippen molar-refractivity contribution in [3.63, 3.8) is 0 Å². The van der Waals surface area contributed by atoms with E-state index in [1.54, 1.807) is 0 Å². The van der Waals surface area contributed by atoms with Gasteiger partial charge in [-0.15, -0.1) is 0 Å². The summed E-state index contributed by atoms with van der Waals surface area (Å²) in [6.45, 7) is -0.0256. The number of carbonyl (C=O) groups excluding carboxylic acids is 1. The van der Waals surface area contributed by atoms with E-state index in [1.807, 2.05) is 0 Å².